The Labute approximate surface area is 94.3 Å². The number of benzene rings is 1. The molecule has 0 saturated heterocycles. The van der Waals surface area contributed by atoms with Crippen LogP contribution in [0.5, 0.6) is 5.75 Å². The van der Waals surface area contributed by atoms with E-state index >= 15 is 0 Å². The molecule has 1 saturated carbocycles. The molecule has 4 heteroatoms. The van der Waals surface area contributed by atoms with Crippen LogP contribution in [-0.4, -0.2) is 25.7 Å². The number of hydrogen-bond donors (Lipinski definition) is 1. The van der Waals surface area contributed by atoms with Crippen LogP contribution >= 0.6 is 0 Å². The Morgan fingerprint density at radius 3 is 2.88 bits per heavy atom. The standard InChI is InChI=1S/C12H15NO3/c1-15-9-5-3-4-8(6-9)10-7-12(10,13)11(14)16-2/h3-6,10H,7,13H2,1-2H3. The van der Waals surface area contributed by atoms with Gasteiger partial charge in [0.15, 0.2) is 0 Å². The van der Waals surface area contributed by atoms with Crippen molar-refractivity contribution in [1.29, 1.82) is 0 Å². The molecule has 2 unspecified atom stereocenters. The summed E-state index contributed by atoms with van der Waals surface area (Å²) in [6.07, 6.45) is 0.632. The van der Waals surface area contributed by atoms with Gasteiger partial charge in [0.25, 0.3) is 0 Å². The van der Waals surface area contributed by atoms with Crippen LogP contribution in [-0.2, 0) is 9.53 Å². The minimum atomic E-state index is -0.846. The van der Waals surface area contributed by atoms with Gasteiger partial charge in [-0.2, -0.15) is 0 Å². The molecule has 4 nitrogen and oxygen atoms in total. The highest BCUT2D eigenvalue weighted by Gasteiger charge is 2.58. The summed E-state index contributed by atoms with van der Waals surface area (Å²) in [5.74, 6) is 0.465. The Bertz CT molecular complexity index is 418. The number of methoxy groups -OCH3 is 2. The highest BCUT2D eigenvalue weighted by atomic mass is 16.5. The highest BCUT2D eigenvalue weighted by molar-refractivity contribution is 5.86. The van der Waals surface area contributed by atoms with Crippen LogP contribution in [0.4, 0.5) is 0 Å². The molecule has 1 aromatic rings. The van der Waals surface area contributed by atoms with Gasteiger partial charge < -0.3 is 15.2 Å². The van der Waals surface area contributed by atoms with Crippen molar-refractivity contribution < 1.29 is 14.3 Å². The maximum absolute atomic E-state index is 11.5. The molecule has 0 aromatic heterocycles. The van der Waals surface area contributed by atoms with Crippen molar-refractivity contribution in [2.75, 3.05) is 14.2 Å². The molecule has 1 aromatic carbocycles. The normalized spacial score (nSPS) is 27.3. The minimum absolute atomic E-state index is 0.0371. The molecular formula is C12H15NO3. The summed E-state index contributed by atoms with van der Waals surface area (Å²) in [4.78, 5) is 11.5. The zero-order chi connectivity index (χ0) is 11.8. The van der Waals surface area contributed by atoms with Crippen LogP contribution in [0.1, 0.15) is 17.9 Å². The van der Waals surface area contributed by atoms with Crippen molar-refractivity contribution in [1.82, 2.24) is 0 Å². The average molecular weight is 221 g/mol. The van der Waals surface area contributed by atoms with Crippen molar-refractivity contribution >= 4 is 5.97 Å². The van der Waals surface area contributed by atoms with Gasteiger partial charge in [-0.3, -0.25) is 4.79 Å². The van der Waals surface area contributed by atoms with E-state index in [0.717, 1.165) is 11.3 Å². The first kappa shape index (κ1) is 11.0. The van der Waals surface area contributed by atoms with Gasteiger partial charge >= 0.3 is 5.97 Å². The number of esters is 1. The third kappa shape index (κ3) is 1.65. The molecule has 0 amide bonds. The lowest BCUT2D eigenvalue weighted by Gasteiger charge is -2.09. The predicted octanol–water partition coefficient (Wildman–Crippen LogP) is 1.05. The van der Waals surface area contributed by atoms with Gasteiger partial charge in [0.2, 0.25) is 0 Å². The molecule has 2 N–H and O–H groups in total. The molecule has 0 aliphatic heterocycles. The summed E-state index contributed by atoms with van der Waals surface area (Å²) in [6, 6.07) is 7.61. The number of hydrogen-bond acceptors (Lipinski definition) is 4. The molecule has 1 aliphatic carbocycles. The fraction of sp³-hybridized carbons (Fsp3) is 0.417. The average Bonchev–Trinajstić information content (AvgIpc) is 3.02. The number of rotatable bonds is 3. The Kier molecular flexibility index (Phi) is 2.59. The largest absolute Gasteiger partial charge is 0.497 e. The maximum Gasteiger partial charge on any atom is 0.326 e. The van der Waals surface area contributed by atoms with E-state index in [1.165, 1.54) is 7.11 Å². The lowest BCUT2D eigenvalue weighted by Crippen LogP contribution is -2.35. The van der Waals surface area contributed by atoms with Gasteiger partial charge in [-0.15, -0.1) is 0 Å². The van der Waals surface area contributed by atoms with E-state index in [1.807, 2.05) is 24.3 Å². The Morgan fingerprint density at radius 2 is 2.25 bits per heavy atom. The van der Waals surface area contributed by atoms with Crippen molar-refractivity contribution in [3.63, 3.8) is 0 Å². The lowest BCUT2D eigenvalue weighted by atomic mass is 10.1. The van der Waals surface area contributed by atoms with Gasteiger partial charge in [0, 0.05) is 5.92 Å². The molecule has 1 aliphatic rings. The Hall–Kier alpha value is -1.55. The highest BCUT2D eigenvalue weighted by Crippen LogP contribution is 2.50. The second-order valence-electron chi connectivity index (χ2n) is 4.07. The van der Waals surface area contributed by atoms with E-state index in [0.29, 0.717) is 6.42 Å². The molecule has 0 heterocycles. The number of carbonyl (C=O) groups excluding carboxylic acids is 1. The van der Waals surface area contributed by atoms with Crippen molar-refractivity contribution in [3.05, 3.63) is 29.8 Å². The topological polar surface area (TPSA) is 61.5 Å². The van der Waals surface area contributed by atoms with Crippen LogP contribution in [0.25, 0.3) is 0 Å². The summed E-state index contributed by atoms with van der Waals surface area (Å²) in [7, 11) is 2.97. The second-order valence-corrected chi connectivity index (χ2v) is 4.07. The van der Waals surface area contributed by atoms with Crippen molar-refractivity contribution in [2.45, 2.75) is 17.9 Å². The summed E-state index contributed by atoms with van der Waals surface area (Å²) < 4.78 is 9.82. The SMILES string of the molecule is COC(=O)C1(N)CC1c1cccc(OC)c1. The van der Waals surface area contributed by atoms with E-state index < -0.39 is 5.54 Å². The van der Waals surface area contributed by atoms with Crippen LogP contribution < -0.4 is 10.5 Å². The number of carbonyl (C=O) groups is 1. The smallest absolute Gasteiger partial charge is 0.326 e. The first-order chi connectivity index (χ1) is 7.61. The quantitative estimate of drug-likeness (QED) is 0.775. The molecule has 0 radical (unpaired) electrons. The number of nitrogens with two attached hydrogens (primary N) is 1. The van der Waals surface area contributed by atoms with Crippen LogP contribution in [0.2, 0.25) is 0 Å². The summed E-state index contributed by atoms with van der Waals surface area (Å²) in [5.41, 5.74) is 6.13. The van der Waals surface area contributed by atoms with E-state index in [9.17, 15) is 4.79 Å². The van der Waals surface area contributed by atoms with Gasteiger partial charge in [0.1, 0.15) is 11.3 Å². The molecular weight excluding hydrogens is 206 g/mol. The van der Waals surface area contributed by atoms with Gasteiger partial charge in [-0.25, -0.2) is 0 Å². The van der Waals surface area contributed by atoms with E-state index in [2.05, 4.69) is 0 Å². The van der Waals surface area contributed by atoms with Crippen LogP contribution in [0, 0.1) is 0 Å². The monoisotopic (exact) mass is 221 g/mol. The van der Waals surface area contributed by atoms with Gasteiger partial charge in [0.05, 0.1) is 14.2 Å². The molecule has 86 valence electrons. The van der Waals surface area contributed by atoms with E-state index in [1.54, 1.807) is 7.11 Å². The van der Waals surface area contributed by atoms with Crippen LogP contribution in [0.3, 0.4) is 0 Å². The second kappa shape index (κ2) is 3.79. The zero-order valence-corrected chi connectivity index (χ0v) is 9.40. The minimum Gasteiger partial charge on any atom is -0.497 e. The molecule has 2 rings (SSSR count). The van der Waals surface area contributed by atoms with Gasteiger partial charge in [-0.1, -0.05) is 12.1 Å². The van der Waals surface area contributed by atoms with Gasteiger partial charge in [-0.05, 0) is 24.1 Å². The molecule has 0 spiro atoms. The zero-order valence-electron chi connectivity index (χ0n) is 9.40. The Balaban J connectivity index is 2.19. The van der Waals surface area contributed by atoms with Crippen LogP contribution in [0.15, 0.2) is 24.3 Å². The summed E-state index contributed by atoms with van der Waals surface area (Å²) >= 11 is 0. The molecule has 1 fully saturated rings. The van der Waals surface area contributed by atoms with E-state index in [4.69, 9.17) is 15.2 Å². The fourth-order valence-corrected chi connectivity index (χ4v) is 1.97. The third-order valence-corrected chi connectivity index (χ3v) is 3.07. The molecule has 2 atom stereocenters. The summed E-state index contributed by atoms with van der Waals surface area (Å²) in [6.45, 7) is 0. The first-order valence-electron chi connectivity index (χ1n) is 5.13. The lowest BCUT2D eigenvalue weighted by molar-refractivity contribution is -0.143. The van der Waals surface area contributed by atoms with Crippen molar-refractivity contribution in [2.24, 2.45) is 5.73 Å². The fourth-order valence-electron chi connectivity index (χ4n) is 1.97. The van der Waals surface area contributed by atoms with Crippen molar-refractivity contribution in [3.8, 4) is 5.75 Å². The maximum atomic E-state index is 11.5. The first-order valence-corrected chi connectivity index (χ1v) is 5.13. The molecule has 0 bridgehead atoms. The third-order valence-electron chi connectivity index (χ3n) is 3.07. The predicted molar refractivity (Wildman–Crippen MR) is 59.3 cm³/mol. The summed E-state index contributed by atoms with van der Waals surface area (Å²) in [5, 5.41) is 0. The van der Waals surface area contributed by atoms with E-state index in [-0.39, 0.29) is 11.9 Å². The Morgan fingerprint density at radius 1 is 1.50 bits per heavy atom. The number of ether oxygens (including phenoxy) is 2. The molecule has 16 heavy (non-hydrogen) atoms.